The van der Waals surface area contributed by atoms with E-state index in [1.807, 2.05) is 19.1 Å². The van der Waals surface area contributed by atoms with Gasteiger partial charge in [0.05, 0.1) is 19.1 Å². The number of anilines is 1. The van der Waals surface area contributed by atoms with E-state index < -0.39 is 28.5 Å². The Kier molecular flexibility index (Phi) is 10.6. The number of amides is 2. The van der Waals surface area contributed by atoms with Crippen LogP contribution in [0.5, 0.6) is 5.75 Å². The number of carbonyl (C=O) groups excluding carboxylic acids is 2. The number of nitrogens with zero attached hydrogens (tertiary/aromatic N) is 2. The first-order chi connectivity index (χ1) is 16.1. The number of ether oxygens (including phenoxy) is 1. The first kappa shape index (κ1) is 27.9. The van der Waals surface area contributed by atoms with Crippen molar-refractivity contribution in [3.63, 3.8) is 0 Å². The molecule has 0 bridgehead atoms. The molecule has 2 rings (SSSR count). The molecule has 2 aromatic carbocycles. The van der Waals surface area contributed by atoms with Crippen LogP contribution in [-0.4, -0.2) is 57.6 Å². The van der Waals surface area contributed by atoms with Crippen LogP contribution in [-0.2, 0) is 26.2 Å². The molecule has 186 valence electrons. The maximum absolute atomic E-state index is 13.5. The Labute approximate surface area is 215 Å². The van der Waals surface area contributed by atoms with Gasteiger partial charge in [-0.2, -0.15) is 0 Å². The average molecular weight is 602 g/mol. The van der Waals surface area contributed by atoms with Crippen molar-refractivity contribution in [2.75, 3.05) is 30.8 Å². The predicted molar refractivity (Wildman–Crippen MR) is 142 cm³/mol. The third kappa shape index (κ3) is 8.15. The monoisotopic (exact) mass is 601 g/mol. The van der Waals surface area contributed by atoms with Gasteiger partial charge < -0.3 is 15.0 Å². The smallest absolute Gasteiger partial charge is 0.244 e. The van der Waals surface area contributed by atoms with E-state index in [0.29, 0.717) is 18.0 Å². The van der Waals surface area contributed by atoms with Gasteiger partial charge >= 0.3 is 0 Å². The molecule has 0 heterocycles. The lowest BCUT2D eigenvalue weighted by molar-refractivity contribution is -0.139. The minimum absolute atomic E-state index is 0.148. The minimum Gasteiger partial charge on any atom is -0.497 e. The Bertz CT molecular complexity index is 1060. The number of sulfonamides is 1. The molecule has 0 fully saturated rings. The van der Waals surface area contributed by atoms with E-state index in [9.17, 15) is 18.0 Å². The van der Waals surface area contributed by atoms with Crippen molar-refractivity contribution in [3.05, 3.63) is 57.7 Å². The topological polar surface area (TPSA) is 96.0 Å². The van der Waals surface area contributed by atoms with Crippen LogP contribution in [0.15, 0.2) is 48.5 Å². The Morgan fingerprint density at radius 2 is 1.71 bits per heavy atom. The van der Waals surface area contributed by atoms with Gasteiger partial charge in [-0.25, -0.2) is 8.42 Å². The highest BCUT2D eigenvalue weighted by Crippen LogP contribution is 2.21. The van der Waals surface area contributed by atoms with Gasteiger partial charge in [0.1, 0.15) is 18.3 Å². The van der Waals surface area contributed by atoms with Crippen LogP contribution in [0.1, 0.15) is 32.3 Å². The lowest BCUT2D eigenvalue weighted by Gasteiger charge is -2.31. The molecule has 34 heavy (non-hydrogen) atoms. The second kappa shape index (κ2) is 12.9. The average Bonchev–Trinajstić information content (AvgIpc) is 2.81. The van der Waals surface area contributed by atoms with Crippen LogP contribution in [0.4, 0.5) is 5.69 Å². The molecule has 10 heteroatoms. The molecule has 1 N–H and O–H groups in total. The van der Waals surface area contributed by atoms with E-state index >= 15 is 0 Å². The van der Waals surface area contributed by atoms with Gasteiger partial charge in [0.15, 0.2) is 0 Å². The summed E-state index contributed by atoms with van der Waals surface area (Å²) in [5.74, 6) is -0.0811. The summed E-state index contributed by atoms with van der Waals surface area (Å²) in [5, 5.41) is 2.86. The fourth-order valence-corrected chi connectivity index (χ4v) is 4.48. The SMILES string of the molecule is CCCCNC(=O)[C@H](C)N(Cc1ccc(OC)cc1)C(=O)CN(c1ccc(I)cc1)S(C)(=O)=O. The third-order valence-electron chi connectivity index (χ3n) is 5.30. The first-order valence-corrected chi connectivity index (χ1v) is 13.9. The number of halogens is 1. The molecule has 0 aliphatic rings. The van der Waals surface area contributed by atoms with Crippen molar-refractivity contribution in [1.82, 2.24) is 10.2 Å². The Morgan fingerprint density at radius 3 is 2.24 bits per heavy atom. The fraction of sp³-hybridized carbons (Fsp3) is 0.417. The van der Waals surface area contributed by atoms with Crippen LogP contribution in [0.3, 0.4) is 0 Å². The highest BCUT2D eigenvalue weighted by molar-refractivity contribution is 14.1. The van der Waals surface area contributed by atoms with E-state index in [0.717, 1.165) is 32.5 Å². The van der Waals surface area contributed by atoms with Crippen molar-refractivity contribution in [1.29, 1.82) is 0 Å². The summed E-state index contributed by atoms with van der Waals surface area (Å²) in [5.41, 5.74) is 1.18. The van der Waals surface area contributed by atoms with Crippen LogP contribution in [0, 0.1) is 3.57 Å². The number of benzene rings is 2. The molecule has 0 saturated heterocycles. The summed E-state index contributed by atoms with van der Waals surface area (Å²) in [6, 6.07) is 13.3. The van der Waals surface area contributed by atoms with Gasteiger partial charge in [0.2, 0.25) is 21.8 Å². The lowest BCUT2D eigenvalue weighted by Crippen LogP contribution is -2.51. The van der Waals surface area contributed by atoms with E-state index in [-0.39, 0.29) is 12.5 Å². The molecule has 8 nitrogen and oxygen atoms in total. The van der Waals surface area contributed by atoms with Gasteiger partial charge in [-0.05, 0) is 77.9 Å². The van der Waals surface area contributed by atoms with E-state index in [1.54, 1.807) is 50.4 Å². The second-order valence-corrected chi connectivity index (χ2v) is 11.1. The molecule has 0 spiro atoms. The first-order valence-electron chi connectivity index (χ1n) is 11.0. The summed E-state index contributed by atoms with van der Waals surface area (Å²) in [4.78, 5) is 27.7. The van der Waals surface area contributed by atoms with Gasteiger partial charge in [-0.3, -0.25) is 13.9 Å². The zero-order valence-electron chi connectivity index (χ0n) is 20.0. The number of nitrogens with one attached hydrogen (secondary N) is 1. The zero-order valence-corrected chi connectivity index (χ0v) is 22.9. The van der Waals surface area contributed by atoms with Crippen molar-refractivity contribution in [2.24, 2.45) is 0 Å². The molecule has 1 atom stereocenters. The molecule has 0 unspecified atom stereocenters. The molecule has 2 amide bonds. The Balaban J connectivity index is 2.32. The van der Waals surface area contributed by atoms with Crippen molar-refractivity contribution >= 4 is 50.1 Å². The summed E-state index contributed by atoms with van der Waals surface area (Å²) in [6.07, 6.45) is 2.83. The largest absolute Gasteiger partial charge is 0.497 e. The normalized spacial score (nSPS) is 12.0. The van der Waals surface area contributed by atoms with Gasteiger partial charge in [-0.1, -0.05) is 25.5 Å². The zero-order chi connectivity index (χ0) is 25.3. The quantitative estimate of drug-likeness (QED) is 0.297. The summed E-state index contributed by atoms with van der Waals surface area (Å²) in [7, 11) is -2.17. The van der Waals surface area contributed by atoms with Crippen LogP contribution in [0.2, 0.25) is 0 Å². The van der Waals surface area contributed by atoms with Crippen LogP contribution in [0.25, 0.3) is 0 Å². The maximum Gasteiger partial charge on any atom is 0.244 e. The molecule has 0 aromatic heterocycles. The minimum atomic E-state index is -3.74. The Hall–Kier alpha value is -2.34. The van der Waals surface area contributed by atoms with Crippen molar-refractivity contribution in [3.8, 4) is 5.75 Å². The summed E-state index contributed by atoms with van der Waals surface area (Å²) >= 11 is 2.13. The lowest BCUT2D eigenvalue weighted by atomic mass is 10.1. The number of hydrogen-bond acceptors (Lipinski definition) is 5. The van der Waals surface area contributed by atoms with E-state index in [1.165, 1.54) is 4.90 Å². The van der Waals surface area contributed by atoms with Gasteiger partial charge in [0.25, 0.3) is 0 Å². The Morgan fingerprint density at radius 1 is 1.09 bits per heavy atom. The number of methoxy groups -OCH3 is 1. The number of hydrogen-bond donors (Lipinski definition) is 1. The fourth-order valence-electron chi connectivity index (χ4n) is 3.27. The standard InChI is InChI=1S/C24H32IN3O5S/c1-5-6-15-26-24(30)18(2)27(16-19-7-13-22(33-3)14-8-19)23(29)17-28(34(4,31)32)21-11-9-20(25)10-12-21/h7-14,18H,5-6,15-17H2,1-4H3,(H,26,30)/t18-/m0/s1. The molecular weight excluding hydrogens is 569 g/mol. The van der Waals surface area contributed by atoms with Gasteiger partial charge in [-0.15, -0.1) is 0 Å². The predicted octanol–water partition coefficient (Wildman–Crippen LogP) is 3.40. The maximum atomic E-state index is 13.5. The summed E-state index contributed by atoms with van der Waals surface area (Å²) in [6.45, 7) is 3.93. The number of rotatable bonds is 12. The molecule has 0 aliphatic carbocycles. The van der Waals surface area contributed by atoms with Gasteiger partial charge in [0, 0.05) is 16.7 Å². The van der Waals surface area contributed by atoms with Crippen molar-refractivity contribution < 1.29 is 22.7 Å². The number of carbonyl (C=O) groups is 2. The second-order valence-electron chi connectivity index (χ2n) is 7.94. The molecule has 0 saturated carbocycles. The third-order valence-corrected chi connectivity index (χ3v) is 7.16. The molecule has 0 aliphatic heterocycles. The summed E-state index contributed by atoms with van der Waals surface area (Å²) < 4.78 is 32.3. The molecule has 2 aromatic rings. The molecular formula is C24H32IN3O5S. The van der Waals surface area contributed by atoms with Crippen LogP contribution >= 0.6 is 22.6 Å². The molecule has 0 radical (unpaired) electrons. The van der Waals surface area contributed by atoms with E-state index in [4.69, 9.17) is 4.74 Å². The number of unbranched alkanes of at least 4 members (excludes halogenated alkanes) is 1. The highest BCUT2D eigenvalue weighted by atomic mass is 127. The highest BCUT2D eigenvalue weighted by Gasteiger charge is 2.30. The van der Waals surface area contributed by atoms with E-state index in [2.05, 4.69) is 27.9 Å². The van der Waals surface area contributed by atoms with Crippen molar-refractivity contribution in [2.45, 2.75) is 39.3 Å². The van der Waals surface area contributed by atoms with Crippen LogP contribution < -0.4 is 14.4 Å².